The number of aromatic nitrogens is 6. The van der Waals surface area contributed by atoms with Crippen molar-refractivity contribution in [3.63, 3.8) is 0 Å². The van der Waals surface area contributed by atoms with E-state index in [-0.39, 0.29) is 45.6 Å². The molecule has 0 bridgehead atoms. The Hall–Kier alpha value is -4.23. The molecule has 4 aromatic rings. The summed E-state index contributed by atoms with van der Waals surface area (Å²) in [6.07, 6.45) is -3.44. The molecule has 0 fully saturated rings. The summed E-state index contributed by atoms with van der Waals surface area (Å²) in [6.45, 7) is 1.47. The number of hydrogen-bond acceptors (Lipinski definition) is 7. The van der Waals surface area contributed by atoms with Gasteiger partial charge < -0.3 is 11.1 Å². The van der Waals surface area contributed by atoms with Gasteiger partial charge in [-0.2, -0.15) is 18.3 Å². The van der Waals surface area contributed by atoms with E-state index in [4.69, 9.17) is 5.73 Å². The number of aryl methyl sites for hydroxylation is 1. The Balaban J connectivity index is 1.61. The number of anilines is 2. The highest BCUT2D eigenvalue weighted by molar-refractivity contribution is 6.09. The fourth-order valence-electron chi connectivity index (χ4n) is 4.03. The number of nitrogen functional groups attached to an aromatic ring is 1. The van der Waals surface area contributed by atoms with E-state index in [1.807, 2.05) is 0 Å². The molecule has 35 heavy (non-hydrogen) atoms. The number of carbonyl (C=O) groups excluding carboxylic acids is 1. The van der Waals surface area contributed by atoms with Crippen LogP contribution in [0.15, 0.2) is 30.7 Å². The van der Waals surface area contributed by atoms with Gasteiger partial charge in [0.25, 0.3) is 0 Å². The zero-order valence-electron chi connectivity index (χ0n) is 17.9. The van der Waals surface area contributed by atoms with Gasteiger partial charge in [0.05, 0.1) is 17.5 Å². The fourth-order valence-corrected chi connectivity index (χ4v) is 4.03. The van der Waals surface area contributed by atoms with Crippen LogP contribution in [-0.4, -0.2) is 41.6 Å². The fraction of sp³-hybridized carbons (Fsp3) is 0.238. The second kappa shape index (κ2) is 7.65. The van der Waals surface area contributed by atoms with Gasteiger partial charge in [0.1, 0.15) is 29.1 Å². The van der Waals surface area contributed by atoms with Gasteiger partial charge >= 0.3 is 6.18 Å². The van der Waals surface area contributed by atoms with Crippen LogP contribution in [-0.2, 0) is 16.6 Å². The Morgan fingerprint density at radius 3 is 2.63 bits per heavy atom. The molecular weight excluding hydrogens is 475 g/mol. The highest BCUT2D eigenvalue weighted by Gasteiger charge is 2.48. The van der Waals surface area contributed by atoms with Gasteiger partial charge in [-0.3, -0.25) is 4.79 Å². The van der Waals surface area contributed by atoms with Crippen LogP contribution in [0, 0.1) is 11.6 Å². The monoisotopic (exact) mass is 490 g/mol. The lowest BCUT2D eigenvalue weighted by atomic mass is 9.77. The van der Waals surface area contributed by atoms with Crippen LogP contribution >= 0.6 is 0 Å². The third-order valence-corrected chi connectivity index (χ3v) is 5.83. The van der Waals surface area contributed by atoms with Gasteiger partial charge in [0.2, 0.25) is 5.91 Å². The van der Waals surface area contributed by atoms with Crippen LogP contribution in [0.3, 0.4) is 0 Å². The summed E-state index contributed by atoms with van der Waals surface area (Å²) in [6, 6.07) is 3.05. The smallest absolute Gasteiger partial charge is 0.383 e. The Morgan fingerprint density at radius 1 is 1.14 bits per heavy atom. The molecule has 1 amide bonds. The number of fused-ring (bicyclic) bond motifs is 2. The third-order valence-electron chi connectivity index (χ3n) is 5.83. The van der Waals surface area contributed by atoms with E-state index in [9.17, 15) is 26.7 Å². The molecule has 0 aliphatic carbocycles. The predicted octanol–water partition coefficient (Wildman–Crippen LogP) is 3.19. The van der Waals surface area contributed by atoms with Crippen LogP contribution in [0.4, 0.5) is 33.6 Å². The average molecular weight is 490 g/mol. The number of nitrogens with zero attached hydrogens (tertiary/aromatic N) is 6. The minimum atomic E-state index is -4.40. The van der Waals surface area contributed by atoms with Crippen LogP contribution < -0.4 is 11.1 Å². The van der Waals surface area contributed by atoms with Crippen molar-refractivity contribution >= 4 is 23.2 Å². The molecular formula is C21H15F5N8O. The molecule has 1 unspecified atom stereocenters. The minimum Gasteiger partial charge on any atom is -0.383 e. The van der Waals surface area contributed by atoms with Crippen molar-refractivity contribution in [1.82, 2.24) is 29.5 Å². The van der Waals surface area contributed by atoms with Crippen molar-refractivity contribution in [3.05, 3.63) is 59.2 Å². The van der Waals surface area contributed by atoms with Gasteiger partial charge in [0.15, 0.2) is 23.1 Å². The maximum Gasteiger partial charge on any atom is 0.389 e. The summed E-state index contributed by atoms with van der Waals surface area (Å²) < 4.78 is 67.0. The number of amides is 1. The largest absolute Gasteiger partial charge is 0.389 e. The van der Waals surface area contributed by atoms with Crippen molar-refractivity contribution in [2.45, 2.75) is 31.4 Å². The highest BCUT2D eigenvalue weighted by atomic mass is 19.4. The third kappa shape index (κ3) is 3.70. The molecule has 14 heteroatoms. The first-order chi connectivity index (χ1) is 16.5. The number of rotatable bonds is 4. The first-order valence-corrected chi connectivity index (χ1v) is 10.2. The highest BCUT2D eigenvalue weighted by Crippen LogP contribution is 2.45. The van der Waals surface area contributed by atoms with E-state index < -0.39 is 42.0 Å². The summed E-state index contributed by atoms with van der Waals surface area (Å²) in [5, 5.41) is 6.52. The Kier molecular flexibility index (Phi) is 4.93. The number of carbonyl (C=O) groups is 1. The van der Waals surface area contributed by atoms with E-state index in [1.165, 1.54) is 30.0 Å². The molecule has 5 rings (SSSR count). The number of halogens is 5. The normalized spacial score (nSPS) is 17.6. The second-order valence-corrected chi connectivity index (χ2v) is 8.08. The van der Waals surface area contributed by atoms with Gasteiger partial charge in [-0.25, -0.2) is 33.2 Å². The predicted molar refractivity (Wildman–Crippen MR) is 112 cm³/mol. The average Bonchev–Trinajstić information content (AvgIpc) is 3.36. The number of nitrogens with one attached hydrogen (secondary N) is 1. The first-order valence-electron chi connectivity index (χ1n) is 10.2. The number of benzene rings is 1. The molecule has 180 valence electrons. The molecule has 1 aliphatic rings. The topological polar surface area (TPSA) is 124 Å². The lowest BCUT2D eigenvalue weighted by Crippen LogP contribution is -2.33. The Morgan fingerprint density at radius 2 is 1.91 bits per heavy atom. The molecule has 3 aromatic heterocycles. The second-order valence-electron chi connectivity index (χ2n) is 8.08. The minimum absolute atomic E-state index is 0.0158. The number of hydrogen-bond donors (Lipinski definition) is 2. The van der Waals surface area contributed by atoms with E-state index >= 15 is 0 Å². The van der Waals surface area contributed by atoms with Crippen LogP contribution in [0.1, 0.15) is 30.2 Å². The van der Waals surface area contributed by atoms with E-state index in [2.05, 4.69) is 30.4 Å². The van der Waals surface area contributed by atoms with E-state index in [0.717, 1.165) is 12.1 Å². The molecule has 0 saturated carbocycles. The molecule has 0 spiro atoms. The molecule has 4 heterocycles. The van der Waals surface area contributed by atoms with Gasteiger partial charge in [-0.1, -0.05) is 6.07 Å². The zero-order valence-corrected chi connectivity index (χ0v) is 17.9. The first kappa shape index (κ1) is 22.6. The molecule has 0 saturated heterocycles. The SMILES string of the molecule is CC1(c2ccc(F)c(F)c2)C(=O)Nc2nc(-c3cn4ncnc4c(CCC(F)(F)F)n3)nc(N)c21. The zero-order chi connectivity index (χ0) is 25.1. The molecule has 0 radical (unpaired) electrons. The van der Waals surface area contributed by atoms with Gasteiger partial charge in [0, 0.05) is 12.8 Å². The summed E-state index contributed by atoms with van der Waals surface area (Å²) in [5.74, 6) is -3.02. The van der Waals surface area contributed by atoms with Crippen molar-refractivity contribution < 1.29 is 26.7 Å². The lowest BCUT2D eigenvalue weighted by molar-refractivity contribution is -0.134. The maximum atomic E-state index is 13.9. The van der Waals surface area contributed by atoms with Crippen LogP contribution in [0.2, 0.25) is 0 Å². The van der Waals surface area contributed by atoms with Crippen molar-refractivity contribution in [1.29, 1.82) is 0 Å². The molecule has 3 N–H and O–H groups in total. The molecule has 1 aromatic carbocycles. The Bertz CT molecular complexity index is 1500. The van der Waals surface area contributed by atoms with Gasteiger partial charge in [-0.15, -0.1) is 0 Å². The summed E-state index contributed by atoms with van der Waals surface area (Å²) in [5.41, 5.74) is 5.15. The molecule has 1 atom stereocenters. The van der Waals surface area contributed by atoms with Crippen molar-refractivity contribution in [2.24, 2.45) is 0 Å². The quantitative estimate of drug-likeness (QED) is 0.421. The molecule has 1 aliphatic heterocycles. The van der Waals surface area contributed by atoms with E-state index in [1.54, 1.807) is 0 Å². The number of alkyl halides is 3. The summed E-state index contributed by atoms with van der Waals surface area (Å²) in [7, 11) is 0. The van der Waals surface area contributed by atoms with Crippen LogP contribution in [0.25, 0.3) is 17.2 Å². The number of nitrogens with two attached hydrogens (primary N) is 1. The van der Waals surface area contributed by atoms with E-state index in [0.29, 0.717) is 0 Å². The van der Waals surface area contributed by atoms with Crippen LogP contribution in [0.5, 0.6) is 0 Å². The summed E-state index contributed by atoms with van der Waals surface area (Å²) >= 11 is 0. The maximum absolute atomic E-state index is 13.9. The summed E-state index contributed by atoms with van der Waals surface area (Å²) in [4.78, 5) is 29.6. The Labute approximate surface area is 193 Å². The molecule has 9 nitrogen and oxygen atoms in total. The standard InChI is InChI=1S/C21H15F5N8O/c1-20(9-2-3-10(22)11(23)6-9)14-15(27)31-16(32-17(14)33-19(20)35)13-7-34-18(28-8-29-34)12(30-13)4-5-21(24,25)26/h2-3,6-8H,4-5H2,1H3,(H3,27,31,32,33,35). The van der Waals surface area contributed by atoms with Gasteiger partial charge in [-0.05, 0) is 24.6 Å². The lowest BCUT2D eigenvalue weighted by Gasteiger charge is -2.23. The van der Waals surface area contributed by atoms with Crippen molar-refractivity contribution in [2.75, 3.05) is 11.1 Å². The van der Waals surface area contributed by atoms with Crippen molar-refractivity contribution in [3.8, 4) is 11.5 Å².